The van der Waals surface area contributed by atoms with Gasteiger partial charge in [-0.1, -0.05) is 6.07 Å². The highest BCUT2D eigenvalue weighted by molar-refractivity contribution is 5.84. The molecule has 0 saturated heterocycles. The van der Waals surface area contributed by atoms with Crippen LogP contribution >= 0.6 is 0 Å². The average Bonchev–Trinajstić information content (AvgIpc) is 2.68. The van der Waals surface area contributed by atoms with Crippen molar-refractivity contribution < 1.29 is 9.53 Å². The first-order chi connectivity index (χ1) is 12.8. The Kier molecular flexibility index (Phi) is 5.87. The molecule has 2 aromatic heterocycles. The zero-order valence-electron chi connectivity index (χ0n) is 13.9. The molecule has 0 saturated carbocycles. The molecular formula is C19H17N5O2. The number of aromatic nitrogens is 2. The van der Waals surface area contributed by atoms with E-state index in [0.29, 0.717) is 11.5 Å². The lowest BCUT2D eigenvalue weighted by molar-refractivity contribution is -0.119. The van der Waals surface area contributed by atoms with Crippen LogP contribution in [0.1, 0.15) is 5.56 Å². The van der Waals surface area contributed by atoms with Gasteiger partial charge in [0.2, 0.25) is 0 Å². The van der Waals surface area contributed by atoms with Crippen LogP contribution in [-0.4, -0.2) is 28.6 Å². The Balaban J connectivity index is 1.49. The molecule has 3 aromatic rings. The molecule has 0 fully saturated rings. The van der Waals surface area contributed by atoms with E-state index in [-0.39, 0.29) is 12.5 Å². The Morgan fingerprint density at radius 3 is 2.69 bits per heavy atom. The normalized spacial score (nSPS) is 10.5. The molecule has 2 N–H and O–H groups in total. The van der Waals surface area contributed by atoms with Crippen LogP contribution in [-0.2, 0) is 4.79 Å². The zero-order valence-corrected chi connectivity index (χ0v) is 13.9. The highest BCUT2D eigenvalue weighted by atomic mass is 16.5. The maximum Gasteiger partial charge on any atom is 0.259 e. The number of carbonyl (C=O) groups excluding carboxylic acids is 1. The number of ether oxygens (including phenoxy) is 1. The van der Waals surface area contributed by atoms with Crippen LogP contribution in [0, 0.1) is 0 Å². The van der Waals surface area contributed by atoms with E-state index in [4.69, 9.17) is 4.74 Å². The van der Waals surface area contributed by atoms with Gasteiger partial charge < -0.3 is 10.1 Å². The van der Waals surface area contributed by atoms with Gasteiger partial charge in [-0.15, -0.1) is 0 Å². The van der Waals surface area contributed by atoms with Crippen molar-refractivity contribution in [2.24, 2.45) is 5.10 Å². The standard InChI is InChI=1S/C19H17N5O2/c25-19(24-23-12-15-6-9-20-10-7-15)14-22-16-3-1-4-17(11-16)26-18-5-2-8-21-13-18/h1-13,22H,14H2,(H,24,25). The number of hydrazone groups is 1. The van der Waals surface area contributed by atoms with Gasteiger partial charge in [-0.25, -0.2) is 5.43 Å². The van der Waals surface area contributed by atoms with E-state index < -0.39 is 0 Å². The van der Waals surface area contributed by atoms with Gasteiger partial charge in [-0.2, -0.15) is 5.10 Å². The van der Waals surface area contributed by atoms with E-state index in [1.54, 1.807) is 55.3 Å². The van der Waals surface area contributed by atoms with Crippen LogP contribution in [0.25, 0.3) is 0 Å². The van der Waals surface area contributed by atoms with Crippen molar-refractivity contribution in [1.82, 2.24) is 15.4 Å². The van der Waals surface area contributed by atoms with Crippen LogP contribution < -0.4 is 15.5 Å². The second-order valence-electron chi connectivity index (χ2n) is 5.25. The van der Waals surface area contributed by atoms with Gasteiger partial charge in [0.25, 0.3) is 5.91 Å². The molecular weight excluding hydrogens is 330 g/mol. The molecule has 0 bridgehead atoms. The Morgan fingerprint density at radius 2 is 1.88 bits per heavy atom. The summed E-state index contributed by atoms with van der Waals surface area (Å²) in [5.41, 5.74) is 4.08. The Bertz CT molecular complexity index is 869. The summed E-state index contributed by atoms with van der Waals surface area (Å²) in [6.45, 7) is 0.0873. The van der Waals surface area contributed by atoms with E-state index >= 15 is 0 Å². The molecule has 0 aliphatic heterocycles. The SMILES string of the molecule is O=C(CNc1cccc(Oc2cccnc2)c1)NN=Cc1ccncc1. The molecule has 26 heavy (non-hydrogen) atoms. The molecule has 2 heterocycles. The van der Waals surface area contributed by atoms with Crippen molar-refractivity contribution in [2.45, 2.75) is 0 Å². The summed E-state index contributed by atoms with van der Waals surface area (Å²) >= 11 is 0. The smallest absolute Gasteiger partial charge is 0.259 e. The molecule has 0 atom stereocenters. The second kappa shape index (κ2) is 8.93. The number of benzene rings is 1. The second-order valence-corrected chi connectivity index (χ2v) is 5.25. The first kappa shape index (κ1) is 17.1. The fourth-order valence-electron chi connectivity index (χ4n) is 2.06. The highest BCUT2D eigenvalue weighted by Crippen LogP contribution is 2.23. The number of nitrogens with one attached hydrogen (secondary N) is 2. The molecule has 130 valence electrons. The summed E-state index contributed by atoms with van der Waals surface area (Å²) in [5, 5.41) is 6.93. The number of amides is 1. The first-order valence-corrected chi connectivity index (χ1v) is 7.93. The highest BCUT2D eigenvalue weighted by Gasteiger charge is 2.02. The number of nitrogens with zero attached hydrogens (tertiary/aromatic N) is 3. The molecule has 0 radical (unpaired) electrons. The third-order valence-electron chi connectivity index (χ3n) is 3.27. The van der Waals surface area contributed by atoms with Gasteiger partial charge in [0, 0.05) is 30.3 Å². The van der Waals surface area contributed by atoms with Gasteiger partial charge in [0.05, 0.1) is 19.0 Å². The van der Waals surface area contributed by atoms with Gasteiger partial charge in [0.15, 0.2) is 0 Å². The fraction of sp³-hybridized carbons (Fsp3) is 0.0526. The molecule has 0 aliphatic rings. The number of hydrogen-bond donors (Lipinski definition) is 2. The first-order valence-electron chi connectivity index (χ1n) is 7.93. The van der Waals surface area contributed by atoms with E-state index in [9.17, 15) is 4.79 Å². The Hall–Kier alpha value is -3.74. The number of carbonyl (C=O) groups is 1. The summed E-state index contributed by atoms with van der Waals surface area (Å²) in [6, 6.07) is 14.5. The maximum absolute atomic E-state index is 11.8. The minimum atomic E-state index is -0.256. The number of hydrogen-bond acceptors (Lipinski definition) is 6. The molecule has 0 aliphatic carbocycles. The molecule has 0 spiro atoms. The molecule has 3 rings (SSSR count). The molecule has 7 nitrogen and oxygen atoms in total. The Morgan fingerprint density at radius 1 is 1.04 bits per heavy atom. The average molecular weight is 347 g/mol. The summed E-state index contributed by atoms with van der Waals surface area (Å²) in [6.07, 6.45) is 8.19. The summed E-state index contributed by atoms with van der Waals surface area (Å²) in [5.74, 6) is 1.04. The van der Waals surface area contributed by atoms with Crippen LogP contribution in [0.5, 0.6) is 11.5 Å². The number of anilines is 1. The van der Waals surface area contributed by atoms with Crippen molar-refractivity contribution in [3.8, 4) is 11.5 Å². The number of pyridine rings is 2. The van der Waals surface area contributed by atoms with E-state index in [2.05, 4.69) is 25.8 Å². The third-order valence-corrected chi connectivity index (χ3v) is 3.27. The van der Waals surface area contributed by atoms with Crippen molar-refractivity contribution in [3.63, 3.8) is 0 Å². The van der Waals surface area contributed by atoms with E-state index in [1.165, 1.54) is 0 Å². The van der Waals surface area contributed by atoms with E-state index in [1.807, 2.05) is 24.3 Å². The van der Waals surface area contributed by atoms with Crippen molar-refractivity contribution in [3.05, 3.63) is 78.9 Å². The van der Waals surface area contributed by atoms with Gasteiger partial charge in [-0.3, -0.25) is 14.8 Å². The van der Waals surface area contributed by atoms with Crippen molar-refractivity contribution in [1.29, 1.82) is 0 Å². The summed E-state index contributed by atoms with van der Waals surface area (Å²) < 4.78 is 5.71. The Labute approximate surface area is 150 Å². The summed E-state index contributed by atoms with van der Waals surface area (Å²) in [4.78, 5) is 19.8. The predicted octanol–water partition coefficient (Wildman–Crippen LogP) is 2.83. The van der Waals surface area contributed by atoms with Crippen LogP contribution in [0.3, 0.4) is 0 Å². The summed E-state index contributed by atoms with van der Waals surface area (Å²) in [7, 11) is 0. The lowest BCUT2D eigenvalue weighted by Gasteiger charge is -2.09. The topological polar surface area (TPSA) is 88.5 Å². The van der Waals surface area contributed by atoms with Gasteiger partial charge in [0.1, 0.15) is 11.5 Å². The van der Waals surface area contributed by atoms with Crippen LogP contribution in [0.2, 0.25) is 0 Å². The van der Waals surface area contributed by atoms with Crippen molar-refractivity contribution >= 4 is 17.8 Å². The lowest BCUT2D eigenvalue weighted by Crippen LogP contribution is -2.25. The molecule has 0 unspecified atom stereocenters. The van der Waals surface area contributed by atoms with Gasteiger partial charge in [-0.05, 0) is 42.0 Å². The fourth-order valence-corrected chi connectivity index (χ4v) is 2.06. The van der Waals surface area contributed by atoms with Crippen LogP contribution in [0.4, 0.5) is 5.69 Å². The van der Waals surface area contributed by atoms with Crippen LogP contribution in [0.15, 0.2) is 78.4 Å². The zero-order chi connectivity index (χ0) is 18.0. The quantitative estimate of drug-likeness (QED) is 0.507. The predicted molar refractivity (Wildman–Crippen MR) is 99.2 cm³/mol. The monoisotopic (exact) mass is 347 g/mol. The minimum absolute atomic E-state index is 0.0873. The van der Waals surface area contributed by atoms with E-state index in [0.717, 1.165) is 11.3 Å². The third kappa shape index (κ3) is 5.41. The number of rotatable bonds is 7. The maximum atomic E-state index is 11.8. The van der Waals surface area contributed by atoms with Gasteiger partial charge >= 0.3 is 0 Å². The lowest BCUT2D eigenvalue weighted by atomic mass is 10.3. The largest absolute Gasteiger partial charge is 0.456 e. The molecule has 1 amide bonds. The molecule has 1 aromatic carbocycles. The minimum Gasteiger partial charge on any atom is -0.456 e. The molecule has 7 heteroatoms. The van der Waals surface area contributed by atoms with Crippen molar-refractivity contribution in [2.75, 3.05) is 11.9 Å².